The van der Waals surface area contributed by atoms with Crippen molar-refractivity contribution in [2.45, 2.75) is 0 Å². The van der Waals surface area contributed by atoms with Crippen LogP contribution in [-0.4, -0.2) is 24.7 Å². The molecule has 2 N–H and O–H groups in total. The molecule has 0 bridgehead atoms. The predicted octanol–water partition coefficient (Wildman–Crippen LogP) is 1.65. The van der Waals surface area contributed by atoms with E-state index in [9.17, 15) is 0 Å². The number of aromatic nitrogens is 5. The molecular formula is C13H12N6O. The van der Waals surface area contributed by atoms with Crippen molar-refractivity contribution in [2.24, 2.45) is 7.05 Å². The molecule has 0 amide bonds. The summed E-state index contributed by atoms with van der Waals surface area (Å²) in [4.78, 5) is 12.4. The van der Waals surface area contributed by atoms with Gasteiger partial charge in [0.1, 0.15) is 24.1 Å². The fraction of sp³-hybridized carbons (Fsp3) is 0.0769. The van der Waals surface area contributed by atoms with Crippen molar-refractivity contribution in [2.75, 3.05) is 5.73 Å². The van der Waals surface area contributed by atoms with Crippen LogP contribution in [0.2, 0.25) is 0 Å². The topological polar surface area (TPSA) is 91.7 Å². The van der Waals surface area contributed by atoms with Crippen LogP contribution in [0.1, 0.15) is 0 Å². The second kappa shape index (κ2) is 4.96. The zero-order chi connectivity index (χ0) is 13.9. The summed E-state index contributed by atoms with van der Waals surface area (Å²) in [6.45, 7) is 0. The highest BCUT2D eigenvalue weighted by Crippen LogP contribution is 2.23. The van der Waals surface area contributed by atoms with Crippen LogP contribution in [0.4, 0.5) is 5.69 Å². The molecule has 0 aliphatic rings. The summed E-state index contributed by atoms with van der Waals surface area (Å²) in [7, 11) is 1.80. The summed E-state index contributed by atoms with van der Waals surface area (Å²) >= 11 is 0. The largest absolute Gasteiger partial charge is 0.439 e. The highest BCUT2D eigenvalue weighted by atomic mass is 16.5. The maximum Gasteiger partial charge on any atom is 0.222 e. The first-order chi connectivity index (χ1) is 9.72. The number of benzene rings is 1. The Balaban J connectivity index is 1.88. The quantitative estimate of drug-likeness (QED) is 0.726. The second-order valence-corrected chi connectivity index (χ2v) is 4.12. The number of nitrogens with zero attached hydrogens (tertiary/aromatic N) is 5. The van der Waals surface area contributed by atoms with Gasteiger partial charge in [-0.3, -0.25) is 0 Å². The molecule has 2 aromatic heterocycles. The fourth-order valence-electron chi connectivity index (χ4n) is 1.70. The first kappa shape index (κ1) is 12.1. The van der Waals surface area contributed by atoms with Crippen LogP contribution < -0.4 is 10.5 Å². The van der Waals surface area contributed by atoms with Crippen LogP contribution in [-0.2, 0) is 7.05 Å². The molecule has 7 heteroatoms. The maximum atomic E-state index is 5.65. The van der Waals surface area contributed by atoms with Gasteiger partial charge in [-0.15, -0.1) is 0 Å². The van der Waals surface area contributed by atoms with E-state index in [1.807, 2.05) is 0 Å². The Labute approximate surface area is 115 Å². The smallest absolute Gasteiger partial charge is 0.222 e. The normalized spacial score (nSPS) is 10.4. The molecule has 20 heavy (non-hydrogen) atoms. The van der Waals surface area contributed by atoms with E-state index in [-0.39, 0.29) is 0 Å². The van der Waals surface area contributed by atoms with Crippen LogP contribution >= 0.6 is 0 Å². The van der Waals surface area contributed by atoms with Crippen molar-refractivity contribution in [1.29, 1.82) is 0 Å². The second-order valence-electron chi connectivity index (χ2n) is 4.12. The lowest BCUT2D eigenvalue weighted by Gasteiger charge is -2.06. The lowest BCUT2D eigenvalue weighted by Crippen LogP contribution is -1.98. The maximum absolute atomic E-state index is 5.65. The molecule has 2 heterocycles. The Bertz CT molecular complexity index is 722. The van der Waals surface area contributed by atoms with Gasteiger partial charge in [-0.2, -0.15) is 5.10 Å². The molecular weight excluding hydrogens is 256 g/mol. The van der Waals surface area contributed by atoms with Gasteiger partial charge in [0.05, 0.1) is 0 Å². The van der Waals surface area contributed by atoms with Crippen molar-refractivity contribution in [3.8, 4) is 23.1 Å². The Morgan fingerprint density at radius 2 is 1.85 bits per heavy atom. The van der Waals surface area contributed by atoms with Crippen LogP contribution in [0.3, 0.4) is 0 Å². The summed E-state index contributed by atoms with van der Waals surface area (Å²) in [6, 6.07) is 8.79. The van der Waals surface area contributed by atoms with E-state index < -0.39 is 0 Å². The summed E-state index contributed by atoms with van der Waals surface area (Å²) in [6.07, 6.45) is 2.90. The van der Waals surface area contributed by atoms with Crippen LogP contribution in [0.15, 0.2) is 43.0 Å². The molecule has 100 valence electrons. The number of ether oxygens (including phenoxy) is 1. The van der Waals surface area contributed by atoms with Crippen LogP contribution in [0.25, 0.3) is 11.5 Å². The van der Waals surface area contributed by atoms with Crippen molar-refractivity contribution < 1.29 is 4.74 Å². The molecule has 0 atom stereocenters. The number of hydrogen-bond acceptors (Lipinski definition) is 6. The molecule has 0 radical (unpaired) electrons. The monoisotopic (exact) mass is 268 g/mol. The first-order valence-electron chi connectivity index (χ1n) is 5.92. The minimum absolute atomic E-state index is 0.433. The number of hydrogen-bond donors (Lipinski definition) is 1. The number of anilines is 1. The van der Waals surface area contributed by atoms with Crippen molar-refractivity contribution in [1.82, 2.24) is 24.7 Å². The number of rotatable bonds is 3. The third-order valence-electron chi connectivity index (χ3n) is 2.68. The van der Waals surface area contributed by atoms with Gasteiger partial charge in [0.25, 0.3) is 0 Å². The number of nitrogen functional groups attached to an aromatic ring is 1. The average Bonchev–Trinajstić information content (AvgIpc) is 2.88. The van der Waals surface area contributed by atoms with Gasteiger partial charge in [-0.25, -0.2) is 19.6 Å². The Morgan fingerprint density at radius 3 is 2.55 bits per heavy atom. The third kappa shape index (κ3) is 2.41. The lowest BCUT2D eigenvalue weighted by atomic mass is 10.3. The van der Waals surface area contributed by atoms with Crippen molar-refractivity contribution in [3.63, 3.8) is 0 Å². The van der Waals surface area contributed by atoms with E-state index in [1.54, 1.807) is 42.1 Å². The highest BCUT2D eigenvalue weighted by Gasteiger charge is 2.08. The van der Waals surface area contributed by atoms with Gasteiger partial charge >= 0.3 is 0 Å². The molecule has 1 aromatic carbocycles. The molecule has 0 aliphatic heterocycles. The Hall–Kier alpha value is -2.96. The first-order valence-corrected chi connectivity index (χ1v) is 5.92. The van der Waals surface area contributed by atoms with Crippen LogP contribution in [0.5, 0.6) is 11.6 Å². The van der Waals surface area contributed by atoms with E-state index in [1.165, 1.54) is 12.7 Å². The molecule has 3 aromatic rings. The third-order valence-corrected chi connectivity index (χ3v) is 2.68. The van der Waals surface area contributed by atoms with Gasteiger partial charge in [-0.1, -0.05) is 0 Å². The van der Waals surface area contributed by atoms with Gasteiger partial charge in [0.15, 0.2) is 5.82 Å². The highest BCUT2D eigenvalue weighted by molar-refractivity contribution is 5.50. The molecule has 7 nitrogen and oxygen atoms in total. The zero-order valence-electron chi connectivity index (χ0n) is 10.8. The number of nitrogens with two attached hydrogens (primary N) is 1. The SMILES string of the molecule is Cn1ncnc1-c1cc(Oc2ccc(N)cc2)ncn1. The van der Waals surface area contributed by atoms with E-state index in [2.05, 4.69) is 20.1 Å². The van der Waals surface area contributed by atoms with E-state index in [0.717, 1.165) is 0 Å². The summed E-state index contributed by atoms with van der Waals surface area (Å²) < 4.78 is 7.28. The molecule has 0 saturated heterocycles. The fourth-order valence-corrected chi connectivity index (χ4v) is 1.70. The van der Waals surface area contributed by atoms with Gasteiger partial charge < -0.3 is 10.5 Å². The van der Waals surface area contributed by atoms with Crippen molar-refractivity contribution in [3.05, 3.63) is 43.0 Å². The molecule has 0 aliphatic carbocycles. The predicted molar refractivity (Wildman–Crippen MR) is 73.0 cm³/mol. The average molecular weight is 268 g/mol. The minimum atomic E-state index is 0.433. The van der Waals surface area contributed by atoms with E-state index in [4.69, 9.17) is 10.5 Å². The molecule has 0 unspecified atom stereocenters. The molecule has 0 spiro atoms. The van der Waals surface area contributed by atoms with Crippen LogP contribution in [0, 0.1) is 0 Å². The van der Waals surface area contributed by atoms with Gasteiger partial charge in [0.2, 0.25) is 5.88 Å². The van der Waals surface area contributed by atoms with Gasteiger partial charge in [-0.05, 0) is 24.3 Å². The van der Waals surface area contributed by atoms with E-state index in [0.29, 0.717) is 28.8 Å². The summed E-state index contributed by atoms with van der Waals surface area (Å²) in [5.74, 6) is 1.74. The van der Waals surface area contributed by atoms with Gasteiger partial charge in [0, 0.05) is 18.8 Å². The van der Waals surface area contributed by atoms with E-state index >= 15 is 0 Å². The lowest BCUT2D eigenvalue weighted by molar-refractivity contribution is 0.462. The zero-order valence-corrected chi connectivity index (χ0v) is 10.8. The Kier molecular flexibility index (Phi) is 3.00. The summed E-state index contributed by atoms with van der Waals surface area (Å²) in [5, 5.41) is 4.01. The molecule has 0 saturated carbocycles. The standard InChI is InChI=1S/C13H12N6O/c1-19-13(17-8-18-19)11-6-12(16-7-15-11)20-10-4-2-9(14)3-5-10/h2-8H,14H2,1H3. The van der Waals surface area contributed by atoms with Crippen molar-refractivity contribution >= 4 is 5.69 Å². The minimum Gasteiger partial charge on any atom is -0.439 e. The Morgan fingerprint density at radius 1 is 1.05 bits per heavy atom. The molecule has 0 fully saturated rings. The summed E-state index contributed by atoms with van der Waals surface area (Å²) in [5.41, 5.74) is 6.95. The molecule has 3 rings (SSSR count). The number of aryl methyl sites for hydroxylation is 1.